The Morgan fingerprint density at radius 1 is 1.17 bits per heavy atom. The fraction of sp³-hybridized carbons (Fsp3) is 0.419. The highest BCUT2D eigenvalue weighted by atomic mass is 32.2. The predicted molar refractivity (Wildman–Crippen MR) is 162 cm³/mol. The third kappa shape index (κ3) is 9.01. The van der Waals surface area contributed by atoms with Gasteiger partial charge in [0.1, 0.15) is 23.4 Å². The van der Waals surface area contributed by atoms with Gasteiger partial charge in [-0.05, 0) is 49.1 Å². The molecular formula is C31H39N5O5S. The average Bonchev–Trinajstić information content (AvgIpc) is 3.45. The van der Waals surface area contributed by atoms with Crippen molar-refractivity contribution in [2.75, 3.05) is 39.1 Å². The molecule has 0 spiro atoms. The van der Waals surface area contributed by atoms with Gasteiger partial charge >= 0.3 is 0 Å². The van der Waals surface area contributed by atoms with Crippen molar-refractivity contribution in [1.82, 2.24) is 25.1 Å². The largest absolute Gasteiger partial charge is 0.497 e. The van der Waals surface area contributed by atoms with Gasteiger partial charge in [0.2, 0.25) is 17.7 Å². The first-order valence-corrected chi connectivity index (χ1v) is 15.2. The Hall–Kier alpha value is -3.99. The summed E-state index contributed by atoms with van der Waals surface area (Å²) in [5.41, 5.74) is 0.904. The van der Waals surface area contributed by atoms with Gasteiger partial charge in [-0.25, -0.2) is 4.98 Å². The second-order valence-corrected chi connectivity index (χ2v) is 11.5. The molecule has 1 aliphatic rings. The van der Waals surface area contributed by atoms with Crippen LogP contribution in [0, 0.1) is 5.92 Å². The molecule has 1 atom stereocenters. The number of amides is 3. The lowest BCUT2D eigenvalue weighted by atomic mass is 10.0. The van der Waals surface area contributed by atoms with Gasteiger partial charge in [-0.3, -0.25) is 14.4 Å². The molecule has 3 amide bonds. The van der Waals surface area contributed by atoms with E-state index in [1.807, 2.05) is 73.1 Å². The second kappa shape index (κ2) is 15.3. The number of carbonyl (C=O) groups is 3. The minimum absolute atomic E-state index is 0.146. The zero-order valence-corrected chi connectivity index (χ0v) is 25.2. The van der Waals surface area contributed by atoms with Crippen LogP contribution in [-0.2, 0) is 20.9 Å². The minimum atomic E-state index is -0.707. The first-order chi connectivity index (χ1) is 20.3. The fourth-order valence-corrected chi connectivity index (χ4v) is 5.53. The summed E-state index contributed by atoms with van der Waals surface area (Å²) in [6.45, 7) is 5.44. The summed E-state index contributed by atoms with van der Waals surface area (Å²) >= 11 is 1.38. The Morgan fingerprint density at radius 3 is 2.81 bits per heavy atom. The van der Waals surface area contributed by atoms with E-state index in [1.54, 1.807) is 13.3 Å². The lowest BCUT2D eigenvalue weighted by Gasteiger charge is -2.25. The van der Waals surface area contributed by atoms with E-state index in [0.717, 1.165) is 16.3 Å². The quantitative estimate of drug-likeness (QED) is 0.420. The van der Waals surface area contributed by atoms with Crippen molar-refractivity contribution < 1.29 is 23.9 Å². The maximum absolute atomic E-state index is 13.3. The number of ether oxygens (including phenoxy) is 2. The van der Waals surface area contributed by atoms with Gasteiger partial charge in [-0.1, -0.05) is 32.0 Å². The normalized spacial score (nSPS) is 16.9. The maximum Gasteiger partial charge on any atom is 0.242 e. The number of hydrogen-bond acceptors (Lipinski definition) is 7. The second-order valence-electron chi connectivity index (χ2n) is 10.5. The van der Waals surface area contributed by atoms with E-state index >= 15 is 0 Å². The maximum atomic E-state index is 13.3. The van der Waals surface area contributed by atoms with Crippen molar-refractivity contribution >= 4 is 29.5 Å². The molecule has 0 aliphatic carbocycles. The number of fused-ring (bicyclic) bond motifs is 4. The van der Waals surface area contributed by atoms with Crippen LogP contribution in [0.5, 0.6) is 11.5 Å². The Kier molecular flexibility index (Phi) is 11.3. The molecular weight excluding hydrogens is 554 g/mol. The molecule has 1 aliphatic heterocycles. The molecule has 2 N–H and O–H groups in total. The van der Waals surface area contributed by atoms with Crippen LogP contribution in [0.1, 0.15) is 26.7 Å². The van der Waals surface area contributed by atoms with Crippen LogP contribution in [0.4, 0.5) is 0 Å². The van der Waals surface area contributed by atoms with Crippen LogP contribution in [0.2, 0.25) is 0 Å². The number of nitrogens with zero attached hydrogens (tertiary/aromatic N) is 3. The number of hydrogen-bond donors (Lipinski definition) is 2. The van der Waals surface area contributed by atoms with E-state index < -0.39 is 6.04 Å². The lowest BCUT2D eigenvalue weighted by molar-refractivity contribution is -0.135. The molecule has 2 heterocycles. The first-order valence-electron chi connectivity index (χ1n) is 14.2. The molecule has 224 valence electrons. The molecule has 0 saturated heterocycles. The third-order valence-corrected chi connectivity index (χ3v) is 7.73. The number of aromatic nitrogens is 2. The smallest absolute Gasteiger partial charge is 0.242 e. The Balaban J connectivity index is 1.51. The monoisotopic (exact) mass is 593 g/mol. The third-order valence-electron chi connectivity index (χ3n) is 6.75. The molecule has 4 rings (SSSR count). The van der Waals surface area contributed by atoms with Gasteiger partial charge in [0.15, 0.2) is 0 Å². The highest BCUT2D eigenvalue weighted by Gasteiger charge is 2.24. The molecule has 0 radical (unpaired) electrons. The van der Waals surface area contributed by atoms with Crippen LogP contribution in [0.15, 0.2) is 65.8 Å². The summed E-state index contributed by atoms with van der Waals surface area (Å²) in [6.07, 6.45) is 4.61. The van der Waals surface area contributed by atoms with Gasteiger partial charge in [-0.2, -0.15) is 0 Å². The Labute approximate surface area is 251 Å². The first kappa shape index (κ1) is 31.0. The summed E-state index contributed by atoms with van der Waals surface area (Å²) in [5.74, 6) is 1.72. The topological polar surface area (TPSA) is 115 Å². The molecule has 2 bridgehead atoms. The predicted octanol–water partition coefficient (Wildman–Crippen LogP) is 3.61. The minimum Gasteiger partial charge on any atom is -0.497 e. The summed E-state index contributed by atoms with van der Waals surface area (Å²) in [4.78, 5) is 46.6. The van der Waals surface area contributed by atoms with E-state index in [-0.39, 0.29) is 35.9 Å². The molecule has 3 aromatic rings. The van der Waals surface area contributed by atoms with Crippen LogP contribution >= 0.6 is 11.8 Å². The number of imidazole rings is 1. The van der Waals surface area contributed by atoms with Crippen molar-refractivity contribution in [2.24, 2.45) is 5.92 Å². The highest BCUT2D eigenvalue weighted by Crippen LogP contribution is 2.24. The molecule has 0 unspecified atom stereocenters. The van der Waals surface area contributed by atoms with Crippen LogP contribution in [0.25, 0.3) is 11.4 Å². The Bertz CT molecular complexity index is 1360. The summed E-state index contributed by atoms with van der Waals surface area (Å²) in [7, 11) is 1.60. The van der Waals surface area contributed by atoms with E-state index in [0.29, 0.717) is 50.6 Å². The Morgan fingerprint density at radius 2 is 2.00 bits per heavy atom. The van der Waals surface area contributed by atoms with Crippen LogP contribution < -0.4 is 20.1 Å². The van der Waals surface area contributed by atoms with Crippen LogP contribution in [-0.4, -0.2) is 77.3 Å². The number of thioether (sulfide) groups is 1. The van der Waals surface area contributed by atoms with Gasteiger partial charge in [0.25, 0.3) is 0 Å². The molecule has 0 fully saturated rings. The molecule has 42 heavy (non-hydrogen) atoms. The van der Waals surface area contributed by atoms with E-state index in [9.17, 15) is 14.4 Å². The number of rotatable bonds is 6. The van der Waals surface area contributed by atoms with Crippen molar-refractivity contribution in [3.63, 3.8) is 0 Å². The molecule has 0 saturated carbocycles. The zero-order chi connectivity index (χ0) is 29.9. The van der Waals surface area contributed by atoms with Gasteiger partial charge in [0.05, 0.1) is 26.0 Å². The van der Waals surface area contributed by atoms with Crippen LogP contribution in [0.3, 0.4) is 0 Å². The molecule has 1 aromatic heterocycles. The molecule has 11 heteroatoms. The number of nitrogens with one attached hydrogen (secondary N) is 2. The van der Waals surface area contributed by atoms with Crippen molar-refractivity contribution in [3.8, 4) is 22.9 Å². The van der Waals surface area contributed by atoms with Crippen molar-refractivity contribution in [2.45, 2.75) is 44.2 Å². The lowest BCUT2D eigenvalue weighted by Crippen LogP contribution is -2.51. The van der Waals surface area contributed by atoms with Gasteiger partial charge < -0.3 is 29.6 Å². The van der Waals surface area contributed by atoms with Crippen molar-refractivity contribution in [1.29, 1.82) is 0 Å². The van der Waals surface area contributed by atoms with Crippen molar-refractivity contribution in [3.05, 3.63) is 60.9 Å². The van der Waals surface area contributed by atoms with Gasteiger partial charge in [-0.15, -0.1) is 11.8 Å². The summed E-state index contributed by atoms with van der Waals surface area (Å²) in [6, 6.07) is 14.5. The number of carbonyl (C=O) groups excluding carboxylic acids is 3. The number of benzene rings is 2. The summed E-state index contributed by atoms with van der Waals surface area (Å²) in [5, 5.41) is 5.84. The zero-order valence-electron chi connectivity index (χ0n) is 24.4. The molecule has 2 aromatic carbocycles. The SMILES string of the molecule is COc1cccc(SCC(=O)N2CCCOc3cccc(c3)-c3nccn3CCNC(=O)[C@@H](CC(C)C)NC(=O)C2)c1. The molecule has 10 nitrogen and oxygen atoms in total. The number of methoxy groups -OCH3 is 1. The highest BCUT2D eigenvalue weighted by molar-refractivity contribution is 8.00. The van der Waals surface area contributed by atoms with E-state index in [1.165, 1.54) is 16.7 Å². The van der Waals surface area contributed by atoms with Gasteiger partial charge in [0, 0.05) is 42.5 Å². The van der Waals surface area contributed by atoms with E-state index in [2.05, 4.69) is 15.6 Å². The average molecular weight is 594 g/mol. The standard InChI is InChI=1S/C31H39N5O5S/c1-22(2)17-27-31(39)33-12-15-35-14-11-32-30(35)23-7-4-9-25(18-23)41-16-6-13-36(20-28(37)34-27)29(38)21-42-26-10-5-8-24(19-26)40-3/h4-5,7-11,14,18-19,22,27H,6,12-13,15-17,20-21H2,1-3H3,(H,33,39)(H,34,37)/t27-/m1/s1. The van der Waals surface area contributed by atoms with E-state index in [4.69, 9.17) is 9.47 Å². The fourth-order valence-electron chi connectivity index (χ4n) is 4.68. The summed E-state index contributed by atoms with van der Waals surface area (Å²) < 4.78 is 13.3.